The summed E-state index contributed by atoms with van der Waals surface area (Å²) in [7, 11) is 0. The Kier molecular flexibility index (Phi) is 7.24. The number of carbonyl (C=O) groups is 1. The number of hydrazone groups is 1. The SMILES string of the molecule is O=C(CSc1nc2sc3c(c2c(=O)n1-c1ccccc1)CCCC3)N/N=C/c1ccc(Cl)cc1Cl. The third-order valence-corrected chi connectivity index (χ3v) is 8.35. The number of benzene rings is 2. The zero-order chi connectivity index (χ0) is 24.4. The van der Waals surface area contributed by atoms with Gasteiger partial charge in [0.2, 0.25) is 0 Å². The van der Waals surface area contributed by atoms with Gasteiger partial charge in [0.15, 0.2) is 5.16 Å². The van der Waals surface area contributed by atoms with E-state index in [2.05, 4.69) is 10.5 Å². The molecule has 0 fully saturated rings. The Balaban J connectivity index is 1.41. The minimum atomic E-state index is -0.323. The van der Waals surface area contributed by atoms with Crippen LogP contribution in [-0.4, -0.2) is 27.4 Å². The highest BCUT2D eigenvalue weighted by Gasteiger charge is 2.23. The molecule has 0 spiro atoms. The summed E-state index contributed by atoms with van der Waals surface area (Å²) in [5.74, 6) is -0.280. The van der Waals surface area contributed by atoms with Crippen molar-refractivity contribution in [1.29, 1.82) is 0 Å². The number of thiophene rings is 1. The molecule has 5 rings (SSSR count). The van der Waals surface area contributed by atoms with Crippen LogP contribution in [0.25, 0.3) is 15.9 Å². The molecular weight excluding hydrogens is 523 g/mol. The number of amides is 1. The highest BCUT2D eigenvalue weighted by molar-refractivity contribution is 7.99. The van der Waals surface area contributed by atoms with E-state index < -0.39 is 0 Å². The molecule has 1 N–H and O–H groups in total. The molecule has 2 heterocycles. The first-order valence-electron chi connectivity index (χ1n) is 11.0. The fourth-order valence-electron chi connectivity index (χ4n) is 4.03. The summed E-state index contributed by atoms with van der Waals surface area (Å²) in [5, 5.41) is 6.14. The average Bonchev–Trinajstić information content (AvgIpc) is 3.23. The molecule has 35 heavy (non-hydrogen) atoms. The molecule has 0 unspecified atom stereocenters. The van der Waals surface area contributed by atoms with Gasteiger partial charge in [0.05, 0.1) is 28.1 Å². The number of rotatable bonds is 6. The van der Waals surface area contributed by atoms with Gasteiger partial charge in [0.25, 0.3) is 11.5 Å². The summed E-state index contributed by atoms with van der Waals surface area (Å²) < 4.78 is 1.61. The number of thioether (sulfide) groups is 1. The minimum absolute atomic E-state index is 0.0432. The Hall–Kier alpha value is -2.65. The maximum absolute atomic E-state index is 13.7. The van der Waals surface area contributed by atoms with Crippen molar-refractivity contribution in [3.63, 3.8) is 0 Å². The summed E-state index contributed by atoms with van der Waals surface area (Å²) in [6.45, 7) is 0. The number of fused-ring (bicyclic) bond motifs is 3. The topological polar surface area (TPSA) is 76.3 Å². The number of aromatic nitrogens is 2. The molecule has 4 aromatic rings. The van der Waals surface area contributed by atoms with Crippen LogP contribution in [0.3, 0.4) is 0 Å². The van der Waals surface area contributed by atoms with Crippen LogP contribution >= 0.6 is 46.3 Å². The summed E-state index contributed by atoms with van der Waals surface area (Å²) in [4.78, 5) is 33.0. The molecule has 2 aromatic heterocycles. The molecule has 6 nitrogen and oxygen atoms in total. The average molecular weight is 544 g/mol. The van der Waals surface area contributed by atoms with Crippen LogP contribution in [0.5, 0.6) is 0 Å². The van der Waals surface area contributed by atoms with Gasteiger partial charge in [-0.05, 0) is 55.5 Å². The molecule has 178 valence electrons. The third kappa shape index (κ3) is 5.16. The zero-order valence-electron chi connectivity index (χ0n) is 18.5. The van der Waals surface area contributed by atoms with Gasteiger partial charge < -0.3 is 0 Å². The van der Waals surface area contributed by atoms with Crippen molar-refractivity contribution in [3.05, 3.63) is 84.9 Å². The second-order valence-electron chi connectivity index (χ2n) is 8.01. The lowest BCUT2D eigenvalue weighted by molar-refractivity contribution is -0.118. The van der Waals surface area contributed by atoms with Crippen LogP contribution < -0.4 is 11.0 Å². The van der Waals surface area contributed by atoms with Crippen LogP contribution in [0.15, 0.2) is 63.6 Å². The fourth-order valence-corrected chi connectivity index (χ4v) is 6.60. The Morgan fingerprint density at radius 1 is 1.17 bits per heavy atom. The van der Waals surface area contributed by atoms with E-state index in [4.69, 9.17) is 28.2 Å². The zero-order valence-corrected chi connectivity index (χ0v) is 21.6. The number of para-hydroxylation sites is 1. The second kappa shape index (κ2) is 10.5. The number of aryl methyl sites for hydroxylation is 2. The van der Waals surface area contributed by atoms with Gasteiger partial charge in [0, 0.05) is 15.5 Å². The summed E-state index contributed by atoms with van der Waals surface area (Å²) in [6.07, 6.45) is 5.58. The lowest BCUT2D eigenvalue weighted by Gasteiger charge is -2.13. The van der Waals surface area contributed by atoms with Crippen molar-refractivity contribution in [3.8, 4) is 5.69 Å². The maximum atomic E-state index is 13.7. The van der Waals surface area contributed by atoms with Crippen molar-refractivity contribution in [1.82, 2.24) is 15.0 Å². The number of hydrogen-bond donors (Lipinski definition) is 1. The van der Waals surface area contributed by atoms with Crippen LogP contribution in [0, 0.1) is 0 Å². The van der Waals surface area contributed by atoms with Crippen LogP contribution in [0.2, 0.25) is 10.0 Å². The van der Waals surface area contributed by atoms with E-state index in [1.807, 2.05) is 30.3 Å². The molecule has 1 aliphatic carbocycles. The van der Waals surface area contributed by atoms with Crippen molar-refractivity contribution in [2.24, 2.45) is 5.10 Å². The number of nitrogens with zero attached hydrogens (tertiary/aromatic N) is 3. The van der Waals surface area contributed by atoms with Gasteiger partial charge in [0.1, 0.15) is 4.83 Å². The summed E-state index contributed by atoms with van der Waals surface area (Å²) in [6, 6.07) is 14.4. The monoisotopic (exact) mass is 542 g/mol. The Bertz CT molecular complexity index is 1500. The highest BCUT2D eigenvalue weighted by atomic mass is 35.5. The Morgan fingerprint density at radius 2 is 1.97 bits per heavy atom. The van der Waals surface area contributed by atoms with Crippen molar-refractivity contribution in [2.75, 3.05) is 5.75 Å². The fraction of sp³-hybridized carbons (Fsp3) is 0.200. The van der Waals surface area contributed by atoms with Gasteiger partial charge in [-0.3, -0.25) is 14.2 Å². The van der Waals surface area contributed by atoms with Crippen molar-refractivity contribution in [2.45, 2.75) is 30.8 Å². The van der Waals surface area contributed by atoms with Gasteiger partial charge in [-0.1, -0.05) is 59.2 Å². The Labute approximate surface area is 220 Å². The molecule has 2 aromatic carbocycles. The highest BCUT2D eigenvalue weighted by Crippen LogP contribution is 2.35. The molecule has 0 atom stereocenters. The van der Waals surface area contributed by atoms with Gasteiger partial charge in [-0.15, -0.1) is 11.3 Å². The predicted octanol–water partition coefficient (Wildman–Crippen LogP) is 5.88. The lowest BCUT2D eigenvalue weighted by Crippen LogP contribution is -2.24. The molecule has 0 saturated heterocycles. The van der Waals surface area contributed by atoms with Crippen LogP contribution in [-0.2, 0) is 17.6 Å². The number of carbonyl (C=O) groups excluding carboxylic acids is 1. The minimum Gasteiger partial charge on any atom is -0.272 e. The number of halogens is 2. The Morgan fingerprint density at radius 3 is 2.77 bits per heavy atom. The van der Waals surface area contributed by atoms with E-state index in [9.17, 15) is 9.59 Å². The van der Waals surface area contributed by atoms with Crippen LogP contribution in [0.1, 0.15) is 28.8 Å². The molecule has 0 saturated carbocycles. The van der Waals surface area contributed by atoms with E-state index in [1.54, 1.807) is 34.1 Å². The number of nitrogens with one attached hydrogen (secondary N) is 1. The first-order chi connectivity index (χ1) is 17.0. The predicted molar refractivity (Wildman–Crippen MR) is 145 cm³/mol. The standard InChI is InChI=1S/C25H20Cl2N4O2S2/c26-16-11-10-15(19(27)12-16)13-28-30-21(32)14-34-25-29-23-22(18-8-4-5-9-20(18)35-23)24(33)31(25)17-6-2-1-3-7-17/h1-3,6-7,10-13H,4-5,8-9,14H2,(H,30,32)/b28-13+. The van der Waals surface area contributed by atoms with E-state index >= 15 is 0 Å². The molecule has 10 heteroatoms. The van der Waals surface area contributed by atoms with E-state index in [0.29, 0.717) is 26.2 Å². The summed E-state index contributed by atoms with van der Waals surface area (Å²) in [5.41, 5.74) is 4.91. The van der Waals surface area contributed by atoms with Gasteiger partial charge in [-0.25, -0.2) is 10.4 Å². The normalized spacial score (nSPS) is 13.3. The van der Waals surface area contributed by atoms with E-state index in [0.717, 1.165) is 41.8 Å². The molecule has 0 bridgehead atoms. The van der Waals surface area contributed by atoms with Crippen LogP contribution in [0.4, 0.5) is 0 Å². The second-order valence-corrected chi connectivity index (χ2v) is 10.9. The molecule has 0 radical (unpaired) electrons. The largest absolute Gasteiger partial charge is 0.272 e. The third-order valence-electron chi connectivity index (χ3n) is 5.66. The van der Waals surface area contributed by atoms with Gasteiger partial charge in [-0.2, -0.15) is 5.10 Å². The molecule has 0 aliphatic heterocycles. The molecule has 1 amide bonds. The van der Waals surface area contributed by atoms with E-state index in [-0.39, 0.29) is 17.2 Å². The van der Waals surface area contributed by atoms with Crippen molar-refractivity contribution >= 4 is 68.6 Å². The molecule has 1 aliphatic rings. The van der Waals surface area contributed by atoms with Crippen molar-refractivity contribution < 1.29 is 4.79 Å². The first-order valence-corrected chi connectivity index (χ1v) is 13.6. The first kappa shape index (κ1) is 24.1. The van der Waals surface area contributed by atoms with E-state index in [1.165, 1.54) is 22.9 Å². The number of hydrogen-bond acceptors (Lipinski definition) is 6. The molecular formula is C25H20Cl2N4O2S2. The summed E-state index contributed by atoms with van der Waals surface area (Å²) >= 11 is 14.8. The van der Waals surface area contributed by atoms with Gasteiger partial charge >= 0.3 is 0 Å². The smallest absolute Gasteiger partial charge is 0.267 e. The maximum Gasteiger partial charge on any atom is 0.267 e. The quantitative estimate of drug-likeness (QED) is 0.143. The lowest BCUT2D eigenvalue weighted by atomic mass is 9.97.